The van der Waals surface area contributed by atoms with Crippen LogP contribution in [0.5, 0.6) is 0 Å². The van der Waals surface area contributed by atoms with Gasteiger partial charge in [-0.1, -0.05) is 13.8 Å². The first-order chi connectivity index (χ1) is 5.18. The number of thiazole rings is 1. The second-order valence-electron chi connectivity index (χ2n) is 2.72. The van der Waals surface area contributed by atoms with Crippen molar-refractivity contribution in [2.75, 3.05) is 0 Å². The summed E-state index contributed by atoms with van der Waals surface area (Å²) in [5.74, 6) is 1.06. The number of aryl methyl sites for hydroxylation is 1. The third-order valence-corrected chi connectivity index (χ3v) is 3.18. The highest BCUT2D eigenvalue weighted by Crippen LogP contribution is 2.18. The molecule has 1 aromatic heterocycles. The monoisotopic (exact) mass is 187 g/mol. The van der Waals surface area contributed by atoms with Gasteiger partial charge in [-0.15, -0.1) is 11.3 Å². The Morgan fingerprint density at radius 2 is 2.36 bits per heavy atom. The van der Waals surface area contributed by atoms with Crippen LogP contribution in [0.25, 0.3) is 0 Å². The lowest BCUT2D eigenvalue weighted by atomic mass is 10.6. The largest absolute Gasteiger partial charge is 0.246 e. The first-order valence-electron chi connectivity index (χ1n) is 3.71. The molecule has 11 heavy (non-hydrogen) atoms. The van der Waals surface area contributed by atoms with Crippen molar-refractivity contribution < 1.29 is 0 Å². The standard InChI is InChI=1S/C8H13NS2/c1-6(2)10-4-8-5-11-7(3)9-8/h5-6H,4H2,1-3H3. The Morgan fingerprint density at radius 1 is 1.64 bits per heavy atom. The molecule has 0 aliphatic rings. The van der Waals surface area contributed by atoms with Gasteiger partial charge in [0.2, 0.25) is 0 Å². The van der Waals surface area contributed by atoms with Gasteiger partial charge in [-0.2, -0.15) is 11.8 Å². The zero-order valence-corrected chi connectivity index (χ0v) is 8.76. The van der Waals surface area contributed by atoms with E-state index in [0.29, 0.717) is 5.25 Å². The van der Waals surface area contributed by atoms with Gasteiger partial charge in [0, 0.05) is 11.1 Å². The zero-order chi connectivity index (χ0) is 8.27. The van der Waals surface area contributed by atoms with Crippen molar-refractivity contribution in [3.8, 4) is 0 Å². The summed E-state index contributed by atoms with van der Waals surface area (Å²) in [7, 11) is 0. The van der Waals surface area contributed by atoms with E-state index in [4.69, 9.17) is 0 Å². The van der Waals surface area contributed by atoms with Gasteiger partial charge in [-0.3, -0.25) is 0 Å². The number of hydrogen-bond acceptors (Lipinski definition) is 3. The van der Waals surface area contributed by atoms with Gasteiger partial charge in [0.05, 0.1) is 10.7 Å². The van der Waals surface area contributed by atoms with Crippen molar-refractivity contribution in [1.29, 1.82) is 0 Å². The quantitative estimate of drug-likeness (QED) is 0.721. The van der Waals surface area contributed by atoms with Crippen LogP contribution in [0.2, 0.25) is 0 Å². The van der Waals surface area contributed by atoms with E-state index in [0.717, 1.165) is 5.75 Å². The van der Waals surface area contributed by atoms with E-state index in [2.05, 4.69) is 24.2 Å². The summed E-state index contributed by atoms with van der Waals surface area (Å²) in [6.45, 7) is 6.47. The van der Waals surface area contributed by atoms with Gasteiger partial charge in [-0.05, 0) is 12.2 Å². The molecule has 0 unspecified atom stereocenters. The highest BCUT2D eigenvalue weighted by atomic mass is 32.2. The Kier molecular flexibility index (Phi) is 3.40. The first-order valence-corrected chi connectivity index (χ1v) is 5.64. The molecule has 1 aromatic rings. The molecule has 0 atom stereocenters. The number of aromatic nitrogens is 1. The average Bonchev–Trinajstić information content (AvgIpc) is 2.31. The molecule has 0 saturated heterocycles. The van der Waals surface area contributed by atoms with E-state index in [1.165, 1.54) is 10.7 Å². The fourth-order valence-electron chi connectivity index (χ4n) is 0.727. The Balaban J connectivity index is 2.39. The smallest absolute Gasteiger partial charge is 0.0897 e. The fraction of sp³-hybridized carbons (Fsp3) is 0.625. The Hall–Kier alpha value is -0.0200. The van der Waals surface area contributed by atoms with Crippen molar-refractivity contribution in [3.05, 3.63) is 16.1 Å². The van der Waals surface area contributed by atoms with Crippen molar-refractivity contribution in [2.24, 2.45) is 0 Å². The summed E-state index contributed by atoms with van der Waals surface area (Å²) >= 11 is 3.67. The van der Waals surface area contributed by atoms with Gasteiger partial charge in [0.1, 0.15) is 0 Å². The molecule has 0 spiro atoms. The van der Waals surface area contributed by atoms with Crippen LogP contribution in [0.15, 0.2) is 5.38 Å². The van der Waals surface area contributed by atoms with Crippen molar-refractivity contribution >= 4 is 23.1 Å². The average molecular weight is 187 g/mol. The molecule has 1 rings (SSSR count). The van der Waals surface area contributed by atoms with Crippen LogP contribution in [-0.4, -0.2) is 10.2 Å². The Labute approximate surface area is 76.2 Å². The molecule has 0 aliphatic carbocycles. The van der Waals surface area contributed by atoms with Crippen LogP contribution < -0.4 is 0 Å². The van der Waals surface area contributed by atoms with Crippen LogP contribution in [0, 0.1) is 6.92 Å². The molecule has 0 aromatic carbocycles. The second kappa shape index (κ2) is 4.12. The highest BCUT2D eigenvalue weighted by Gasteiger charge is 1.99. The van der Waals surface area contributed by atoms with E-state index in [-0.39, 0.29) is 0 Å². The normalized spacial score (nSPS) is 10.9. The van der Waals surface area contributed by atoms with E-state index >= 15 is 0 Å². The maximum atomic E-state index is 4.38. The van der Waals surface area contributed by atoms with Gasteiger partial charge in [-0.25, -0.2) is 4.98 Å². The van der Waals surface area contributed by atoms with E-state index in [9.17, 15) is 0 Å². The lowest BCUT2D eigenvalue weighted by Gasteiger charge is -2.00. The summed E-state index contributed by atoms with van der Waals surface area (Å²) in [6, 6.07) is 0. The number of thioether (sulfide) groups is 1. The molecule has 1 heterocycles. The first kappa shape index (κ1) is 9.07. The minimum Gasteiger partial charge on any atom is -0.246 e. The predicted molar refractivity (Wildman–Crippen MR) is 53.3 cm³/mol. The highest BCUT2D eigenvalue weighted by molar-refractivity contribution is 7.99. The minimum absolute atomic E-state index is 0.706. The SMILES string of the molecule is Cc1nc(CSC(C)C)cs1. The molecule has 0 bridgehead atoms. The van der Waals surface area contributed by atoms with Gasteiger partial charge < -0.3 is 0 Å². The molecule has 0 saturated carbocycles. The Morgan fingerprint density at radius 3 is 2.82 bits per heavy atom. The van der Waals surface area contributed by atoms with E-state index in [1.54, 1.807) is 11.3 Å². The number of rotatable bonds is 3. The molecular weight excluding hydrogens is 174 g/mol. The maximum absolute atomic E-state index is 4.38. The third kappa shape index (κ3) is 3.25. The summed E-state index contributed by atoms with van der Waals surface area (Å²) in [5.41, 5.74) is 1.23. The molecular formula is C8H13NS2. The summed E-state index contributed by atoms with van der Waals surface area (Å²) in [4.78, 5) is 4.38. The lowest BCUT2D eigenvalue weighted by Crippen LogP contribution is -1.88. The van der Waals surface area contributed by atoms with Crippen molar-refractivity contribution in [1.82, 2.24) is 4.98 Å². The molecule has 0 amide bonds. The molecule has 0 radical (unpaired) electrons. The van der Waals surface area contributed by atoms with Crippen molar-refractivity contribution in [3.63, 3.8) is 0 Å². The van der Waals surface area contributed by atoms with Crippen LogP contribution >= 0.6 is 23.1 Å². The molecule has 0 N–H and O–H groups in total. The van der Waals surface area contributed by atoms with Crippen LogP contribution in [0.1, 0.15) is 24.5 Å². The summed E-state index contributed by atoms with van der Waals surface area (Å²) < 4.78 is 0. The summed E-state index contributed by atoms with van der Waals surface area (Å²) in [6.07, 6.45) is 0. The second-order valence-corrected chi connectivity index (χ2v) is 5.34. The van der Waals surface area contributed by atoms with E-state index in [1.807, 2.05) is 18.7 Å². The van der Waals surface area contributed by atoms with Gasteiger partial charge in [0.15, 0.2) is 0 Å². The van der Waals surface area contributed by atoms with Crippen LogP contribution in [0.4, 0.5) is 0 Å². The number of hydrogen-bond donors (Lipinski definition) is 0. The molecule has 0 fully saturated rings. The summed E-state index contributed by atoms with van der Waals surface area (Å²) in [5, 5.41) is 4.02. The Bertz CT molecular complexity index is 218. The van der Waals surface area contributed by atoms with Crippen LogP contribution in [0.3, 0.4) is 0 Å². The molecule has 62 valence electrons. The van der Waals surface area contributed by atoms with E-state index < -0.39 is 0 Å². The minimum atomic E-state index is 0.706. The predicted octanol–water partition coefficient (Wildman–Crippen LogP) is 3.09. The van der Waals surface area contributed by atoms with Crippen molar-refractivity contribution in [2.45, 2.75) is 31.8 Å². The molecule has 1 nitrogen and oxygen atoms in total. The zero-order valence-electron chi connectivity index (χ0n) is 7.13. The lowest BCUT2D eigenvalue weighted by molar-refractivity contribution is 1.10. The maximum Gasteiger partial charge on any atom is 0.0897 e. The van der Waals surface area contributed by atoms with Gasteiger partial charge in [0.25, 0.3) is 0 Å². The molecule has 0 aliphatic heterocycles. The third-order valence-electron chi connectivity index (χ3n) is 1.23. The number of nitrogens with zero attached hydrogens (tertiary/aromatic N) is 1. The molecule has 3 heteroatoms. The topological polar surface area (TPSA) is 12.9 Å². The van der Waals surface area contributed by atoms with Gasteiger partial charge >= 0.3 is 0 Å². The fourth-order valence-corrected chi connectivity index (χ4v) is 2.10. The van der Waals surface area contributed by atoms with Crippen LogP contribution in [-0.2, 0) is 5.75 Å².